The van der Waals surface area contributed by atoms with Gasteiger partial charge in [-0.2, -0.15) is 0 Å². The van der Waals surface area contributed by atoms with E-state index in [1.807, 2.05) is 6.92 Å². The van der Waals surface area contributed by atoms with Crippen LogP contribution in [0.15, 0.2) is 0 Å². The summed E-state index contributed by atoms with van der Waals surface area (Å²) in [5.41, 5.74) is 0.501. The minimum absolute atomic E-state index is 0.0178. The van der Waals surface area contributed by atoms with Gasteiger partial charge in [-0.3, -0.25) is 5.32 Å². The molecule has 0 aromatic carbocycles. The Balaban J connectivity index is 1.49. The third-order valence-electron chi connectivity index (χ3n) is 6.06. The first-order valence-corrected chi connectivity index (χ1v) is 9.21. The van der Waals surface area contributed by atoms with Crippen LogP contribution in [-0.2, 0) is 0 Å². The number of nitrogens with zero attached hydrogens (tertiary/aromatic N) is 2. The minimum Gasteiger partial charge on any atom is -0.332 e. The number of carbonyl (C=O) groups is 1. The molecule has 22 heavy (non-hydrogen) atoms. The largest absolute Gasteiger partial charge is 0.332 e. The van der Waals surface area contributed by atoms with Crippen molar-refractivity contribution in [1.82, 2.24) is 15.5 Å². The number of urea groups is 1. The van der Waals surface area contributed by atoms with Crippen LogP contribution in [0.5, 0.6) is 0 Å². The van der Waals surface area contributed by atoms with Crippen molar-refractivity contribution < 1.29 is 4.79 Å². The second-order valence-electron chi connectivity index (χ2n) is 7.80. The van der Waals surface area contributed by atoms with Crippen LogP contribution >= 0.6 is 11.3 Å². The molecule has 2 N–H and O–H groups in total. The maximum Gasteiger partial charge on any atom is 0.321 e. The molecular formula is C16H24N4OS. The highest BCUT2D eigenvalue weighted by Gasteiger charge is 2.57. The standard InChI is InChI=1S/C16H24N4OS/c1-3-15-5-11-4-12(6-15)8-16(7-11,9-15)18-13(21)17-14-20-19-10(2)22-14/h11-12H,3-9H2,1-2H3,(H2,17,18,20,21)/t11-,12+,15?,16?. The molecule has 4 fully saturated rings. The summed E-state index contributed by atoms with van der Waals surface area (Å²) < 4.78 is 0. The smallest absolute Gasteiger partial charge is 0.321 e. The van der Waals surface area contributed by atoms with E-state index < -0.39 is 0 Å². The van der Waals surface area contributed by atoms with Gasteiger partial charge in [0.25, 0.3) is 0 Å². The van der Waals surface area contributed by atoms with Gasteiger partial charge < -0.3 is 5.32 Å². The highest BCUT2D eigenvalue weighted by atomic mass is 32.1. The van der Waals surface area contributed by atoms with Crippen molar-refractivity contribution in [2.24, 2.45) is 17.3 Å². The lowest BCUT2D eigenvalue weighted by molar-refractivity contribution is -0.0779. The average molecular weight is 320 g/mol. The average Bonchev–Trinajstić information content (AvgIpc) is 2.81. The van der Waals surface area contributed by atoms with Crippen molar-refractivity contribution >= 4 is 22.5 Å². The monoisotopic (exact) mass is 320 g/mol. The first-order chi connectivity index (χ1) is 10.5. The molecule has 4 saturated carbocycles. The Labute approximate surface area is 135 Å². The molecule has 0 aliphatic heterocycles. The fourth-order valence-corrected chi connectivity index (χ4v) is 6.32. The van der Waals surface area contributed by atoms with Gasteiger partial charge in [0, 0.05) is 5.54 Å². The van der Waals surface area contributed by atoms with E-state index in [-0.39, 0.29) is 11.6 Å². The summed E-state index contributed by atoms with van der Waals surface area (Å²) in [7, 11) is 0. The molecule has 4 aliphatic rings. The van der Waals surface area contributed by atoms with Crippen molar-refractivity contribution in [3.8, 4) is 0 Å². The topological polar surface area (TPSA) is 66.9 Å². The maximum absolute atomic E-state index is 12.4. The van der Waals surface area contributed by atoms with Gasteiger partial charge in [-0.1, -0.05) is 24.7 Å². The lowest BCUT2D eigenvalue weighted by Crippen LogP contribution is -2.63. The number of carbonyl (C=O) groups excluding carboxylic acids is 1. The van der Waals surface area contributed by atoms with Gasteiger partial charge >= 0.3 is 6.03 Å². The molecule has 1 heterocycles. The van der Waals surface area contributed by atoms with Gasteiger partial charge in [-0.25, -0.2) is 4.79 Å². The van der Waals surface area contributed by atoms with E-state index in [9.17, 15) is 4.79 Å². The lowest BCUT2D eigenvalue weighted by Gasteiger charge is -2.62. The summed E-state index contributed by atoms with van der Waals surface area (Å²) in [4.78, 5) is 12.4. The second kappa shape index (κ2) is 4.91. The van der Waals surface area contributed by atoms with Crippen molar-refractivity contribution in [1.29, 1.82) is 0 Å². The highest BCUT2D eigenvalue weighted by molar-refractivity contribution is 7.15. The molecule has 5 nitrogen and oxygen atoms in total. The van der Waals surface area contributed by atoms with E-state index >= 15 is 0 Å². The molecule has 6 heteroatoms. The maximum atomic E-state index is 12.4. The lowest BCUT2D eigenvalue weighted by atomic mass is 9.46. The fourth-order valence-electron chi connectivity index (χ4n) is 5.73. The van der Waals surface area contributed by atoms with Gasteiger partial charge in [-0.05, 0) is 62.7 Å². The zero-order chi connectivity index (χ0) is 15.4. The molecule has 0 spiro atoms. The van der Waals surface area contributed by atoms with Crippen molar-refractivity contribution in [3.63, 3.8) is 0 Å². The number of hydrogen-bond donors (Lipinski definition) is 2. The SMILES string of the molecule is CCC12C[C@H]3C[C@@H](C1)CC(NC(=O)Nc1nnc(C)s1)(C3)C2. The normalized spacial score (nSPS) is 39.0. The Hall–Kier alpha value is -1.17. The second-order valence-corrected chi connectivity index (χ2v) is 8.98. The summed E-state index contributed by atoms with van der Waals surface area (Å²) >= 11 is 1.42. The number of anilines is 1. The summed E-state index contributed by atoms with van der Waals surface area (Å²) in [6.45, 7) is 4.22. The van der Waals surface area contributed by atoms with E-state index in [1.54, 1.807) is 0 Å². The Morgan fingerprint density at radius 1 is 1.27 bits per heavy atom. The summed E-state index contributed by atoms with van der Waals surface area (Å²) in [6.07, 6.45) is 8.86. The molecule has 120 valence electrons. The van der Waals surface area contributed by atoms with Crippen LogP contribution in [0.4, 0.5) is 9.93 Å². The fraction of sp³-hybridized carbons (Fsp3) is 0.812. The molecule has 4 aliphatic carbocycles. The third kappa shape index (κ3) is 2.41. The van der Waals surface area contributed by atoms with Crippen LogP contribution in [0, 0.1) is 24.2 Å². The first-order valence-electron chi connectivity index (χ1n) is 8.39. The number of rotatable bonds is 3. The van der Waals surface area contributed by atoms with Crippen molar-refractivity contribution in [2.75, 3.05) is 5.32 Å². The molecule has 4 atom stereocenters. The number of amides is 2. The van der Waals surface area contributed by atoms with Crippen LogP contribution in [0.25, 0.3) is 0 Å². The Bertz CT molecular complexity index is 585. The predicted octanol–water partition coefficient (Wildman–Crippen LogP) is 3.72. The van der Waals surface area contributed by atoms with Crippen LogP contribution in [0.3, 0.4) is 0 Å². The van der Waals surface area contributed by atoms with Crippen LogP contribution < -0.4 is 10.6 Å². The van der Waals surface area contributed by atoms with Gasteiger partial charge in [-0.15, -0.1) is 10.2 Å². The van der Waals surface area contributed by atoms with Gasteiger partial charge in [0.05, 0.1) is 0 Å². The zero-order valence-corrected chi connectivity index (χ0v) is 14.1. The Morgan fingerprint density at radius 3 is 2.59 bits per heavy atom. The quantitative estimate of drug-likeness (QED) is 0.892. The number of hydrogen-bond acceptors (Lipinski definition) is 4. The van der Waals surface area contributed by atoms with Crippen molar-refractivity contribution in [2.45, 2.75) is 64.3 Å². The van der Waals surface area contributed by atoms with Gasteiger partial charge in [0.2, 0.25) is 5.13 Å². The Kier molecular flexibility index (Phi) is 3.22. The number of aryl methyl sites for hydroxylation is 1. The predicted molar refractivity (Wildman–Crippen MR) is 86.9 cm³/mol. The molecule has 1 aromatic rings. The number of aromatic nitrogens is 2. The first kappa shape index (κ1) is 14.4. The van der Waals surface area contributed by atoms with Gasteiger partial charge in [0.15, 0.2) is 0 Å². The molecule has 1 aromatic heterocycles. The highest BCUT2D eigenvalue weighted by Crippen LogP contribution is 2.62. The van der Waals surface area contributed by atoms with Crippen LogP contribution in [-0.4, -0.2) is 21.8 Å². The van der Waals surface area contributed by atoms with E-state index in [4.69, 9.17) is 0 Å². The molecular weight excluding hydrogens is 296 g/mol. The summed E-state index contributed by atoms with van der Waals surface area (Å²) in [6, 6.07) is -0.107. The minimum atomic E-state index is -0.107. The molecule has 2 amide bonds. The van der Waals surface area contributed by atoms with E-state index in [1.165, 1.54) is 37.0 Å². The van der Waals surface area contributed by atoms with Crippen LogP contribution in [0.2, 0.25) is 0 Å². The molecule has 5 rings (SSSR count). The molecule has 2 unspecified atom stereocenters. The summed E-state index contributed by atoms with van der Waals surface area (Å²) in [5.74, 6) is 1.62. The summed E-state index contributed by atoms with van der Waals surface area (Å²) in [5, 5.41) is 15.6. The Morgan fingerprint density at radius 2 is 2.00 bits per heavy atom. The number of nitrogens with one attached hydrogen (secondary N) is 2. The molecule has 0 radical (unpaired) electrons. The van der Waals surface area contributed by atoms with Crippen LogP contribution in [0.1, 0.15) is 56.9 Å². The van der Waals surface area contributed by atoms with E-state index in [0.29, 0.717) is 10.5 Å². The molecule has 4 bridgehead atoms. The molecule has 0 saturated heterocycles. The van der Waals surface area contributed by atoms with Crippen molar-refractivity contribution in [3.05, 3.63) is 5.01 Å². The van der Waals surface area contributed by atoms with E-state index in [2.05, 4.69) is 27.8 Å². The third-order valence-corrected chi connectivity index (χ3v) is 6.81. The van der Waals surface area contributed by atoms with Gasteiger partial charge in [0.1, 0.15) is 5.01 Å². The zero-order valence-electron chi connectivity index (χ0n) is 13.3. The van der Waals surface area contributed by atoms with E-state index in [0.717, 1.165) is 36.1 Å².